The minimum absolute atomic E-state index is 0.00481. The molecule has 2 aromatic carbocycles. The second kappa shape index (κ2) is 36.2. The maximum Gasteiger partial charge on any atom is 0.205 e. The van der Waals surface area contributed by atoms with Crippen molar-refractivity contribution in [2.45, 2.75) is 398 Å². The maximum atomic E-state index is 11.9. The lowest BCUT2D eigenvalue weighted by Gasteiger charge is -2.57. The summed E-state index contributed by atoms with van der Waals surface area (Å²) in [6.45, 7) is 34.4. The van der Waals surface area contributed by atoms with Crippen molar-refractivity contribution in [2.24, 2.45) is 101 Å². The number of hydrogen-bond acceptors (Lipinski definition) is 21. The Hall–Kier alpha value is -2.72. The fourth-order valence-electron chi connectivity index (χ4n) is 24.3. The van der Waals surface area contributed by atoms with Crippen LogP contribution in [0.25, 0.3) is 0 Å². The van der Waals surface area contributed by atoms with Crippen molar-refractivity contribution < 1.29 is 102 Å². The highest BCUT2D eigenvalue weighted by molar-refractivity contribution is 5.32. The summed E-state index contributed by atoms with van der Waals surface area (Å²) in [5.41, 5.74) is -1.70. The predicted molar refractivity (Wildman–Crippen MR) is 435 cm³/mol. The molecule has 12 unspecified atom stereocenters. The minimum atomic E-state index is -1.32. The van der Waals surface area contributed by atoms with Crippen molar-refractivity contribution in [2.75, 3.05) is 19.8 Å². The van der Waals surface area contributed by atoms with Crippen LogP contribution in [0, 0.1) is 101 Å². The highest BCUT2D eigenvalue weighted by Crippen LogP contribution is 2.61. The lowest BCUT2D eigenvalue weighted by Crippen LogP contribution is -2.67. The molecule has 8 heterocycles. The van der Waals surface area contributed by atoms with E-state index in [1.807, 2.05) is 24.3 Å². The summed E-state index contributed by atoms with van der Waals surface area (Å²) in [7, 11) is 0. The largest absolute Gasteiger partial charge is 0.465 e. The normalized spacial score (nSPS) is 47.1. The fraction of sp³-hybridized carbons (Fsp3) is 0.872. The first-order valence-electron chi connectivity index (χ1n) is 45.8. The summed E-state index contributed by atoms with van der Waals surface area (Å²) in [5.74, 6) is -0.925. The van der Waals surface area contributed by atoms with E-state index in [4.69, 9.17) is 61.6 Å². The molecule has 21 nitrogen and oxygen atoms in total. The van der Waals surface area contributed by atoms with E-state index in [2.05, 4.69) is 107 Å². The van der Waals surface area contributed by atoms with E-state index in [-0.39, 0.29) is 82.7 Å². The first kappa shape index (κ1) is 90.0. The molecule has 2 aromatic rings. The van der Waals surface area contributed by atoms with E-state index in [0.717, 1.165) is 121 Å². The van der Waals surface area contributed by atoms with Crippen molar-refractivity contribution in [1.82, 2.24) is 0 Å². The highest BCUT2D eigenvalue weighted by Gasteiger charge is 2.69. The molecule has 32 atom stereocenters. The van der Waals surface area contributed by atoms with Gasteiger partial charge in [-0.05, 0) is 231 Å². The quantitative estimate of drug-likeness (QED) is 0.0816. The second-order valence-electron chi connectivity index (χ2n) is 41.0. The van der Waals surface area contributed by atoms with Crippen molar-refractivity contribution in [3.63, 3.8) is 0 Å². The smallest absolute Gasteiger partial charge is 0.205 e. The van der Waals surface area contributed by atoms with Crippen molar-refractivity contribution >= 4 is 0 Å². The lowest BCUT2D eigenvalue weighted by atomic mass is 9.58. The minimum Gasteiger partial charge on any atom is -0.465 e. The third-order valence-corrected chi connectivity index (χ3v) is 31.3. The van der Waals surface area contributed by atoms with E-state index in [9.17, 15) is 40.9 Å². The first-order valence-corrected chi connectivity index (χ1v) is 45.8. The van der Waals surface area contributed by atoms with E-state index < -0.39 is 89.6 Å². The Labute approximate surface area is 688 Å². The van der Waals surface area contributed by atoms with Gasteiger partial charge in [-0.25, -0.2) is 0 Å². The van der Waals surface area contributed by atoms with Gasteiger partial charge in [0.05, 0.1) is 25.9 Å². The van der Waals surface area contributed by atoms with Gasteiger partial charge in [-0.1, -0.05) is 152 Å². The van der Waals surface area contributed by atoms with Gasteiger partial charge in [0, 0.05) is 73.0 Å². The van der Waals surface area contributed by atoms with E-state index in [1.165, 1.54) is 62.5 Å². The molecule has 21 heteroatoms. The Morgan fingerprint density at radius 3 is 1.02 bits per heavy atom. The number of ether oxygens (including phenoxy) is 13. The van der Waals surface area contributed by atoms with Crippen LogP contribution >= 0.6 is 0 Å². The molecular formula is C94H152O21. The monoisotopic (exact) mass is 1620 g/mol. The Morgan fingerprint density at radius 2 is 0.670 bits per heavy atom. The molecule has 16 rings (SSSR count). The van der Waals surface area contributed by atoms with Crippen molar-refractivity contribution in [3.8, 4) is 11.5 Å². The van der Waals surface area contributed by atoms with Gasteiger partial charge >= 0.3 is 0 Å². The standard InChI is InChI=1S/C25H38O5.C24H36O5.C23H40O6.C22H38O5/c1-15-7-12-20-16(2)21(28-18-10-8-17(9-11-18)23(3,4)5)29-22-25(20,27)19(15)13-14-24(6,26)30-22;1-5-6-17-8-10-18(11-9-17)27-21-16(3)20-12-7-15(2)19-13-14-23(4,25)29-22(28-21)24(19,20)26;1-15-9-10-19-16(2)20(27-14-13-26-17-7-5-4-6-8-17)28-21-23(19,25)18(15)11-12-22(3,24)29-21;1-14-9-10-18-15(2)19(25-13-16-7-5-4-6-8-16)26-20-22(18,24)17(14)11-12-21(3,23)27-20/h8-11,15-16,19-22,26-27H,7,12-14H2,1-6H3;8-11,15-16,19-22,25-26H,5-7,12-14H2,1-4H3;15-21,24-25H,4-14H2,1-3H3;14-20,23-24H,4-13H2,1-3H3/t15-,16-,19?,20?,21?,22-,24+,25-;15-,16-,19?,20?,21?,22-,23+,24-;15-,16-,18?,19?,20?,21-,22+,23-;14-,15-,17?,18?,19?,20-,21+,22-/m1111/s1. The van der Waals surface area contributed by atoms with Crippen LogP contribution in [0.4, 0.5) is 0 Å². The summed E-state index contributed by atoms with van der Waals surface area (Å²) in [4.78, 5) is 0. The molecule has 6 aliphatic carbocycles. The molecule has 14 fully saturated rings. The summed E-state index contributed by atoms with van der Waals surface area (Å²) in [6, 6.07) is 16.3. The number of rotatable bonds is 14. The molecule has 0 spiro atoms. The Morgan fingerprint density at radius 1 is 0.357 bits per heavy atom. The summed E-state index contributed by atoms with van der Waals surface area (Å²) < 4.78 is 79.6. The van der Waals surface area contributed by atoms with Crippen LogP contribution in [0.2, 0.25) is 0 Å². The van der Waals surface area contributed by atoms with Crippen LogP contribution in [-0.4, -0.2) is 163 Å². The van der Waals surface area contributed by atoms with Gasteiger partial charge < -0.3 is 102 Å². The molecule has 0 aromatic heterocycles. The highest BCUT2D eigenvalue weighted by atomic mass is 16.8. The van der Waals surface area contributed by atoms with Gasteiger partial charge in [0.15, 0.2) is 60.9 Å². The molecular weight excluding hydrogens is 1470 g/mol. The second-order valence-corrected chi connectivity index (χ2v) is 41.0. The molecule has 0 bridgehead atoms. The average Bonchev–Trinajstić information content (AvgIpc) is 1.73. The van der Waals surface area contributed by atoms with Gasteiger partial charge in [-0.15, -0.1) is 0 Å². The molecule has 0 radical (unpaired) electrons. The van der Waals surface area contributed by atoms with Crippen LogP contribution in [0.15, 0.2) is 48.5 Å². The van der Waals surface area contributed by atoms with E-state index in [0.29, 0.717) is 74.6 Å². The number of benzene rings is 2. The van der Waals surface area contributed by atoms with Crippen LogP contribution in [0.1, 0.15) is 295 Å². The third-order valence-electron chi connectivity index (χ3n) is 31.3. The summed E-state index contributed by atoms with van der Waals surface area (Å²) in [5, 5.41) is 90.2. The number of aliphatic hydroxyl groups is 8. The van der Waals surface area contributed by atoms with Crippen molar-refractivity contribution in [3.05, 3.63) is 59.7 Å². The summed E-state index contributed by atoms with van der Waals surface area (Å²) in [6.07, 6.45) is 22.7. The molecule has 8 N–H and O–H groups in total. The first-order chi connectivity index (χ1) is 54.3. The Balaban J connectivity index is 0.000000134. The average molecular weight is 1620 g/mol. The SMILES string of the molecule is CCCc1ccc(OC2O[C@@H]3O[C@](C)(O)CCC4[C@H](C)CCC([C@H]2C)[C@]43O)cc1.C[C@H]1C(OCC2CCCCC2)O[C@@H]2O[C@](C)(O)CCC3[C@H](C)CCC1[C@]32O.C[C@H]1C(OCCOC2CCCCC2)O[C@@H]2O[C@](C)(O)CCC3[C@H](C)CCC1[C@]32O.C[C@H]1C(Oc2ccc(C(C)(C)C)cc2)O[C@@H]2O[C@](C)(O)CCC3[C@H](C)CCC1[C@]32O. The zero-order chi connectivity index (χ0) is 82.6. The van der Waals surface area contributed by atoms with Crippen LogP contribution in [0.3, 0.4) is 0 Å². The zero-order valence-corrected chi connectivity index (χ0v) is 72.9. The van der Waals surface area contributed by atoms with Gasteiger partial charge in [-0.3, -0.25) is 0 Å². The molecule has 115 heavy (non-hydrogen) atoms. The molecule has 6 saturated carbocycles. The third kappa shape index (κ3) is 19.3. The maximum absolute atomic E-state index is 11.9. The zero-order valence-electron chi connectivity index (χ0n) is 72.9. The van der Waals surface area contributed by atoms with Gasteiger partial charge in [-0.2, -0.15) is 0 Å². The topological polar surface area (TPSA) is 282 Å². The lowest BCUT2D eigenvalue weighted by molar-refractivity contribution is -0.409. The Kier molecular flexibility index (Phi) is 28.4. The van der Waals surface area contributed by atoms with Crippen LogP contribution in [-0.2, 0) is 63.9 Å². The van der Waals surface area contributed by atoms with Crippen LogP contribution < -0.4 is 9.47 Å². The van der Waals surface area contributed by atoms with E-state index in [1.54, 1.807) is 27.7 Å². The Bertz CT molecular complexity index is 3390. The van der Waals surface area contributed by atoms with Gasteiger partial charge in [0.2, 0.25) is 12.6 Å². The molecule has 14 aliphatic rings. The molecule has 654 valence electrons. The molecule has 8 aliphatic heterocycles. The van der Waals surface area contributed by atoms with Crippen LogP contribution in [0.5, 0.6) is 11.5 Å². The van der Waals surface area contributed by atoms with E-state index >= 15 is 0 Å². The number of aryl methyl sites for hydroxylation is 1. The molecule has 8 saturated heterocycles. The predicted octanol–water partition coefficient (Wildman–Crippen LogP) is 16.2. The van der Waals surface area contributed by atoms with Gasteiger partial charge in [0.25, 0.3) is 0 Å². The number of hydrogen-bond donors (Lipinski definition) is 8. The molecule has 0 amide bonds. The fourth-order valence-corrected chi connectivity index (χ4v) is 24.3. The van der Waals surface area contributed by atoms with Gasteiger partial charge in [0.1, 0.15) is 33.9 Å². The van der Waals surface area contributed by atoms with Crippen molar-refractivity contribution in [1.29, 1.82) is 0 Å². The summed E-state index contributed by atoms with van der Waals surface area (Å²) >= 11 is 0.